The molecule has 4 rings (SSSR count). The molecule has 1 aromatic carbocycles. The zero-order valence-electron chi connectivity index (χ0n) is 12.3. The molecule has 1 aliphatic heterocycles. The average Bonchev–Trinajstić information content (AvgIpc) is 2.97. The first kappa shape index (κ1) is 13.2. The predicted molar refractivity (Wildman–Crippen MR) is 81.3 cm³/mol. The molecule has 0 spiro atoms. The van der Waals surface area contributed by atoms with Crippen LogP contribution in [0.1, 0.15) is 22.3 Å². The van der Waals surface area contributed by atoms with Crippen LogP contribution in [0, 0.1) is 0 Å². The number of ether oxygens (including phenoxy) is 1. The highest BCUT2D eigenvalue weighted by Crippen LogP contribution is 2.39. The van der Waals surface area contributed by atoms with Crippen LogP contribution >= 0.6 is 0 Å². The van der Waals surface area contributed by atoms with Gasteiger partial charge in [-0.2, -0.15) is 0 Å². The number of benzene rings is 1. The van der Waals surface area contributed by atoms with E-state index in [-0.39, 0.29) is 5.91 Å². The van der Waals surface area contributed by atoms with Crippen molar-refractivity contribution in [2.75, 3.05) is 14.2 Å². The molecule has 1 amide bonds. The standard InChI is InChI=1S/C16H15N3O3/c1-18-15(20)13-12-9-5-3-4-6-10(9)19(8-22-2)11(12)7-17-14(13)16(18)21/h3-7,15,20H,8H2,1-2H3. The Hall–Kier alpha value is -2.44. The normalized spacial score (nSPS) is 17.7. The zero-order chi connectivity index (χ0) is 15.4. The molecule has 1 unspecified atom stereocenters. The lowest BCUT2D eigenvalue weighted by molar-refractivity contribution is 0.0306. The monoisotopic (exact) mass is 297 g/mol. The second-order valence-electron chi connectivity index (χ2n) is 5.43. The number of rotatable bonds is 2. The van der Waals surface area contributed by atoms with Gasteiger partial charge in [-0.3, -0.25) is 4.79 Å². The van der Waals surface area contributed by atoms with Crippen LogP contribution in [0.25, 0.3) is 21.8 Å². The summed E-state index contributed by atoms with van der Waals surface area (Å²) in [4.78, 5) is 17.8. The molecule has 6 nitrogen and oxygen atoms in total. The molecule has 0 aliphatic carbocycles. The zero-order valence-corrected chi connectivity index (χ0v) is 12.3. The van der Waals surface area contributed by atoms with Crippen molar-refractivity contribution < 1.29 is 14.6 Å². The molecule has 2 aromatic heterocycles. The molecule has 1 aliphatic rings. The van der Waals surface area contributed by atoms with Crippen LogP contribution in [0.15, 0.2) is 30.5 Å². The molecule has 1 N–H and O–H groups in total. The summed E-state index contributed by atoms with van der Waals surface area (Å²) in [5.74, 6) is -0.257. The number of fused-ring (bicyclic) bond motifs is 5. The molecule has 112 valence electrons. The van der Waals surface area contributed by atoms with Crippen molar-refractivity contribution in [1.82, 2.24) is 14.5 Å². The molecule has 3 aromatic rings. The number of para-hydroxylation sites is 1. The third kappa shape index (κ3) is 1.51. The van der Waals surface area contributed by atoms with Gasteiger partial charge in [-0.25, -0.2) is 4.98 Å². The van der Waals surface area contributed by atoms with E-state index in [4.69, 9.17) is 4.74 Å². The van der Waals surface area contributed by atoms with E-state index in [1.54, 1.807) is 20.4 Å². The SMILES string of the molecule is COCn1c2ccccc2c2c3c(ncc21)C(=O)N(C)C3O. The lowest BCUT2D eigenvalue weighted by atomic mass is 10.1. The second kappa shape index (κ2) is 4.53. The summed E-state index contributed by atoms with van der Waals surface area (Å²) >= 11 is 0. The Morgan fingerprint density at radius 3 is 2.86 bits per heavy atom. The summed E-state index contributed by atoms with van der Waals surface area (Å²) in [5.41, 5.74) is 2.74. The van der Waals surface area contributed by atoms with Crippen LogP contribution in [0.2, 0.25) is 0 Å². The highest BCUT2D eigenvalue weighted by molar-refractivity contribution is 6.13. The maximum absolute atomic E-state index is 12.2. The summed E-state index contributed by atoms with van der Waals surface area (Å²) < 4.78 is 7.28. The van der Waals surface area contributed by atoms with Crippen molar-refractivity contribution in [3.8, 4) is 0 Å². The Morgan fingerprint density at radius 2 is 2.09 bits per heavy atom. The average molecular weight is 297 g/mol. The molecule has 22 heavy (non-hydrogen) atoms. The summed E-state index contributed by atoms with van der Waals surface area (Å²) in [7, 11) is 3.21. The van der Waals surface area contributed by atoms with Crippen molar-refractivity contribution in [2.24, 2.45) is 0 Å². The predicted octanol–water partition coefficient (Wildman–Crippen LogP) is 1.87. The number of amides is 1. The summed E-state index contributed by atoms with van der Waals surface area (Å²) in [6, 6.07) is 7.88. The lowest BCUT2D eigenvalue weighted by Crippen LogP contribution is -2.22. The Morgan fingerprint density at radius 1 is 1.32 bits per heavy atom. The molecule has 0 radical (unpaired) electrons. The molecule has 0 bridgehead atoms. The van der Waals surface area contributed by atoms with Gasteiger partial charge in [0, 0.05) is 30.5 Å². The minimum absolute atomic E-state index is 0.257. The van der Waals surface area contributed by atoms with E-state index in [1.165, 1.54) is 4.90 Å². The fraction of sp³-hybridized carbons (Fsp3) is 0.250. The molecule has 6 heteroatoms. The Kier molecular flexibility index (Phi) is 2.72. The number of methoxy groups -OCH3 is 1. The topological polar surface area (TPSA) is 67.6 Å². The molecular formula is C16H15N3O3. The largest absolute Gasteiger partial charge is 0.369 e. The first-order valence-electron chi connectivity index (χ1n) is 6.99. The number of hydrogen-bond acceptors (Lipinski definition) is 4. The maximum Gasteiger partial charge on any atom is 0.274 e. The highest BCUT2D eigenvalue weighted by atomic mass is 16.5. The van der Waals surface area contributed by atoms with Crippen LogP contribution in [0.5, 0.6) is 0 Å². The summed E-state index contributed by atoms with van der Waals surface area (Å²) in [5, 5.41) is 12.3. The lowest BCUT2D eigenvalue weighted by Gasteiger charge is -2.13. The third-order valence-corrected chi connectivity index (χ3v) is 4.26. The maximum atomic E-state index is 12.2. The molecule has 0 saturated heterocycles. The van der Waals surface area contributed by atoms with Gasteiger partial charge in [0.2, 0.25) is 0 Å². The molecule has 0 saturated carbocycles. The van der Waals surface area contributed by atoms with E-state index < -0.39 is 6.23 Å². The van der Waals surface area contributed by atoms with Crippen LogP contribution in [-0.2, 0) is 11.5 Å². The summed E-state index contributed by atoms with van der Waals surface area (Å²) in [6.07, 6.45) is 0.706. The Labute approximate surface area is 126 Å². The van der Waals surface area contributed by atoms with Crippen LogP contribution in [-0.4, -0.2) is 39.6 Å². The van der Waals surface area contributed by atoms with Crippen molar-refractivity contribution in [2.45, 2.75) is 13.0 Å². The van der Waals surface area contributed by atoms with Gasteiger partial charge in [0.15, 0.2) is 6.23 Å². The number of carbonyl (C=O) groups excluding carboxylic acids is 1. The first-order chi connectivity index (χ1) is 10.6. The first-order valence-corrected chi connectivity index (χ1v) is 6.99. The molecule has 3 heterocycles. The van der Waals surface area contributed by atoms with E-state index in [1.807, 2.05) is 28.8 Å². The highest BCUT2D eigenvalue weighted by Gasteiger charge is 2.37. The van der Waals surface area contributed by atoms with Gasteiger partial charge in [-0.1, -0.05) is 18.2 Å². The van der Waals surface area contributed by atoms with E-state index in [0.717, 1.165) is 21.8 Å². The van der Waals surface area contributed by atoms with Crippen molar-refractivity contribution in [3.05, 3.63) is 41.7 Å². The van der Waals surface area contributed by atoms with Crippen LogP contribution in [0.3, 0.4) is 0 Å². The minimum Gasteiger partial charge on any atom is -0.369 e. The second-order valence-corrected chi connectivity index (χ2v) is 5.43. The number of aliphatic hydroxyl groups is 1. The van der Waals surface area contributed by atoms with Crippen LogP contribution in [0.4, 0.5) is 0 Å². The fourth-order valence-corrected chi connectivity index (χ4v) is 3.22. The van der Waals surface area contributed by atoms with Crippen molar-refractivity contribution in [3.63, 3.8) is 0 Å². The van der Waals surface area contributed by atoms with Gasteiger partial charge in [-0.05, 0) is 6.07 Å². The smallest absolute Gasteiger partial charge is 0.274 e. The number of aliphatic hydroxyl groups excluding tert-OH is 1. The number of carbonyl (C=O) groups is 1. The van der Waals surface area contributed by atoms with Gasteiger partial charge in [0.25, 0.3) is 5.91 Å². The van der Waals surface area contributed by atoms with Gasteiger partial charge in [0.05, 0.1) is 17.2 Å². The third-order valence-electron chi connectivity index (χ3n) is 4.26. The molecule has 0 fully saturated rings. The number of aromatic nitrogens is 2. The number of hydrogen-bond donors (Lipinski definition) is 1. The Bertz CT molecular complexity index is 916. The van der Waals surface area contributed by atoms with E-state index in [0.29, 0.717) is 18.0 Å². The van der Waals surface area contributed by atoms with Gasteiger partial charge >= 0.3 is 0 Å². The quantitative estimate of drug-likeness (QED) is 0.784. The van der Waals surface area contributed by atoms with Gasteiger partial charge in [-0.15, -0.1) is 0 Å². The molecular weight excluding hydrogens is 282 g/mol. The number of nitrogens with zero attached hydrogens (tertiary/aromatic N) is 3. The van der Waals surface area contributed by atoms with Crippen LogP contribution < -0.4 is 0 Å². The summed E-state index contributed by atoms with van der Waals surface area (Å²) in [6.45, 7) is 0.379. The van der Waals surface area contributed by atoms with Crippen molar-refractivity contribution >= 4 is 27.7 Å². The molecule has 1 atom stereocenters. The minimum atomic E-state index is -0.972. The van der Waals surface area contributed by atoms with Gasteiger partial charge < -0.3 is 19.3 Å². The number of pyridine rings is 1. The van der Waals surface area contributed by atoms with Crippen molar-refractivity contribution in [1.29, 1.82) is 0 Å². The fourth-order valence-electron chi connectivity index (χ4n) is 3.22. The van der Waals surface area contributed by atoms with E-state index in [9.17, 15) is 9.90 Å². The van der Waals surface area contributed by atoms with Gasteiger partial charge in [0.1, 0.15) is 12.4 Å². The van der Waals surface area contributed by atoms with E-state index >= 15 is 0 Å². The Balaban J connectivity index is 2.19. The van der Waals surface area contributed by atoms with E-state index in [2.05, 4.69) is 4.98 Å².